The molecule has 0 amide bonds. The number of aryl methyl sites for hydroxylation is 3. The number of thiazole rings is 1. The number of rotatable bonds is 4. The minimum atomic E-state index is 0.329. The summed E-state index contributed by atoms with van der Waals surface area (Å²) in [5.74, 6) is 0. The van der Waals surface area contributed by atoms with Gasteiger partial charge in [-0.3, -0.25) is 4.40 Å². The van der Waals surface area contributed by atoms with E-state index >= 15 is 0 Å². The van der Waals surface area contributed by atoms with Gasteiger partial charge in [-0.15, -0.1) is 11.3 Å². The van der Waals surface area contributed by atoms with Crippen molar-refractivity contribution in [3.63, 3.8) is 0 Å². The number of imidazole rings is 1. The van der Waals surface area contributed by atoms with Gasteiger partial charge >= 0.3 is 0 Å². The van der Waals surface area contributed by atoms with E-state index < -0.39 is 0 Å². The van der Waals surface area contributed by atoms with Gasteiger partial charge in [0.2, 0.25) is 0 Å². The molecule has 2 aromatic heterocycles. The van der Waals surface area contributed by atoms with Crippen molar-refractivity contribution in [2.75, 3.05) is 0 Å². The number of hydrogen-bond acceptors (Lipinski definition) is 3. The molecule has 110 valence electrons. The smallest absolute Gasteiger partial charge is 0.194 e. The first-order valence-corrected chi connectivity index (χ1v) is 8.10. The van der Waals surface area contributed by atoms with E-state index in [4.69, 9.17) is 0 Å². The third-order valence-corrected chi connectivity index (χ3v) is 4.79. The van der Waals surface area contributed by atoms with E-state index in [-0.39, 0.29) is 0 Å². The fourth-order valence-electron chi connectivity index (χ4n) is 2.54. The van der Waals surface area contributed by atoms with Crippen molar-refractivity contribution in [1.82, 2.24) is 14.7 Å². The molecule has 2 heterocycles. The maximum absolute atomic E-state index is 4.64. The Morgan fingerprint density at radius 2 is 1.90 bits per heavy atom. The minimum absolute atomic E-state index is 0.329. The summed E-state index contributed by atoms with van der Waals surface area (Å²) < 4.78 is 2.21. The fourth-order valence-corrected chi connectivity index (χ4v) is 3.43. The van der Waals surface area contributed by atoms with E-state index in [0.29, 0.717) is 6.04 Å². The molecule has 0 fully saturated rings. The molecular weight excluding hydrogens is 278 g/mol. The highest BCUT2D eigenvalue weighted by Crippen LogP contribution is 2.21. The molecule has 4 heteroatoms. The Bertz CT molecular complexity index is 752. The van der Waals surface area contributed by atoms with Crippen LogP contribution in [-0.2, 0) is 6.54 Å². The van der Waals surface area contributed by atoms with Crippen LogP contribution in [0.25, 0.3) is 4.96 Å². The minimum Gasteiger partial charge on any atom is -0.305 e. The van der Waals surface area contributed by atoms with Crippen LogP contribution in [-0.4, -0.2) is 9.38 Å². The second kappa shape index (κ2) is 5.62. The molecule has 0 unspecified atom stereocenters. The van der Waals surface area contributed by atoms with Crippen molar-refractivity contribution in [2.24, 2.45) is 0 Å². The molecule has 0 spiro atoms. The van der Waals surface area contributed by atoms with Gasteiger partial charge in [0.05, 0.1) is 11.4 Å². The molecule has 3 nitrogen and oxygen atoms in total. The molecule has 1 N–H and O–H groups in total. The molecule has 3 aromatic rings. The summed E-state index contributed by atoms with van der Waals surface area (Å²) in [6, 6.07) is 9.05. The summed E-state index contributed by atoms with van der Waals surface area (Å²) in [7, 11) is 0. The lowest BCUT2D eigenvalue weighted by atomic mass is 10.1. The van der Waals surface area contributed by atoms with Crippen LogP contribution >= 0.6 is 11.3 Å². The maximum atomic E-state index is 4.64. The topological polar surface area (TPSA) is 29.3 Å². The zero-order chi connectivity index (χ0) is 15.0. The van der Waals surface area contributed by atoms with Crippen LogP contribution in [0.4, 0.5) is 0 Å². The molecule has 1 atom stereocenters. The molecule has 0 aliphatic rings. The van der Waals surface area contributed by atoms with Crippen molar-refractivity contribution in [3.05, 3.63) is 57.9 Å². The SMILES string of the molecule is Cc1ccc([C@H](C)NCc2c(C)nc3sc(C)cn23)cc1. The first-order valence-electron chi connectivity index (χ1n) is 7.28. The maximum Gasteiger partial charge on any atom is 0.194 e. The van der Waals surface area contributed by atoms with E-state index in [2.05, 4.69) is 72.9 Å². The van der Waals surface area contributed by atoms with E-state index in [1.165, 1.54) is 21.7 Å². The van der Waals surface area contributed by atoms with Crippen molar-refractivity contribution < 1.29 is 0 Å². The summed E-state index contributed by atoms with van der Waals surface area (Å²) in [4.78, 5) is 7.02. The summed E-state index contributed by atoms with van der Waals surface area (Å²) >= 11 is 1.74. The van der Waals surface area contributed by atoms with Gasteiger partial charge in [-0.25, -0.2) is 4.98 Å². The Balaban J connectivity index is 1.76. The van der Waals surface area contributed by atoms with Crippen LogP contribution in [0.2, 0.25) is 0 Å². The normalized spacial score (nSPS) is 13.0. The molecule has 3 rings (SSSR count). The average Bonchev–Trinajstić information content (AvgIpc) is 2.92. The number of aromatic nitrogens is 2. The van der Waals surface area contributed by atoms with E-state index in [9.17, 15) is 0 Å². The van der Waals surface area contributed by atoms with Gasteiger partial charge in [0.1, 0.15) is 0 Å². The molecule has 0 bridgehead atoms. The zero-order valence-electron chi connectivity index (χ0n) is 13.0. The molecule has 1 aromatic carbocycles. The predicted molar refractivity (Wildman–Crippen MR) is 89.0 cm³/mol. The number of fused-ring (bicyclic) bond motifs is 1. The average molecular weight is 299 g/mol. The molecule has 0 aliphatic heterocycles. The fraction of sp³-hybridized carbons (Fsp3) is 0.353. The molecule has 0 radical (unpaired) electrons. The van der Waals surface area contributed by atoms with Gasteiger partial charge in [0.15, 0.2) is 4.96 Å². The van der Waals surface area contributed by atoms with E-state index in [0.717, 1.165) is 17.2 Å². The Hall–Kier alpha value is -1.65. The van der Waals surface area contributed by atoms with E-state index in [1.54, 1.807) is 11.3 Å². The number of hydrogen-bond donors (Lipinski definition) is 1. The second-order valence-electron chi connectivity index (χ2n) is 5.65. The van der Waals surface area contributed by atoms with Gasteiger partial charge in [0.25, 0.3) is 0 Å². The Kier molecular flexibility index (Phi) is 3.83. The van der Waals surface area contributed by atoms with Gasteiger partial charge in [-0.05, 0) is 33.3 Å². The van der Waals surface area contributed by atoms with Crippen LogP contribution in [0.5, 0.6) is 0 Å². The van der Waals surface area contributed by atoms with Crippen molar-refractivity contribution in [1.29, 1.82) is 0 Å². The highest BCUT2D eigenvalue weighted by atomic mass is 32.1. The van der Waals surface area contributed by atoms with Gasteiger partial charge < -0.3 is 5.32 Å². The third-order valence-electron chi connectivity index (χ3n) is 3.89. The lowest BCUT2D eigenvalue weighted by Gasteiger charge is -2.14. The Morgan fingerprint density at radius 3 is 2.62 bits per heavy atom. The largest absolute Gasteiger partial charge is 0.305 e. The third kappa shape index (κ3) is 2.87. The predicted octanol–water partition coefficient (Wildman–Crippen LogP) is 4.17. The first-order chi connectivity index (χ1) is 10.0. The van der Waals surface area contributed by atoms with Gasteiger partial charge in [0, 0.05) is 23.7 Å². The molecule has 0 saturated heterocycles. The number of nitrogens with zero attached hydrogens (tertiary/aromatic N) is 2. The standard InChI is InChI=1S/C17H21N3S/c1-11-5-7-15(8-6-11)13(3)18-9-16-14(4)19-17-20(16)10-12(2)21-17/h5-8,10,13,18H,9H2,1-4H3/t13-/m0/s1. The van der Waals surface area contributed by atoms with Crippen LogP contribution < -0.4 is 5.32 Å². The first kappa shape index (κ1) is 14.3. The summed E-state index contributed by atoms with van der Waals surface area (Å²) in [6.07, 6.45) is 2.17. The summed E-state index contributed by atoms with van der Waals surface area (Å²) in [5, 5.41) is 3.61. The zero-order valence-corrected chi connectivity index (χ0v) is 13.8. The number of benzene rings is 1. The molecule has 0 saturated carbocycles. The van der Waals surface area contributed by atoms with Crippen LogP contribution in [0.15, 0.2) is 30.5 Å². The van der Waals surface area contributed by atoms with E-state index in [1.807, 2.05) is 0 Å². The van der Waals surface area contributed by atoms with Crippen LogP contribution in [0.1, 0.15) is 40.4 Å². The monoisotopic (exact) mass is 299 g/mol. The van der Waals surface area contributed by atoms with Crippen LogP contribution in [0, 0.1) is 20.8 Å². The number of nitrogens with one attached hydrogen (secondary N) is 1. The Morgan fingerprint density at radius 1 is 1.19 bits per heavy atom. The molecular formula is C17H21N3S. The van der Waals surface area contributed by atoms with Gasteiger partial charge in [-0.1, -0.05) is 29.8 Å². The molecule has 0 aliphatic carbocycles. The summed E-state index contributed by atoms with van der Waals surface area (Å²) in [6.45, 7) is 9.37. The lowest BCUT2D eigenvalue weighted by Crippen LogP contribution is -2.19. The molecule has 21 heavy (non-hydrogen) atoms. The van der Waals surface area contributed by atoms with Crippen molar-refractivity contribution >= 4 is 16.3 Å². The second-order valence-corrected chi connectivity index (χ2v) is 6.86. The van der Waals surface area contributed by atoms with Crippen molar-refractivity contribution in [3.8, 4) is 0 Å². The van der Waals surface area contributed by atoms with Gasteiger partial charge in [-0.2, -0.15) is 0 Å². The lowest BCUT2D eigenvalue weighted by molar-refractivity contribution is 0.564. The quantitative estimate of drug-likeness (QED) is 0.783. The summed E-state index contributed by atoms with van der Waals surface area (Å²) in [5.41, 5.74) is 4.99. The highest BCUT2D eigenvalue weighted by molar-refractivity contribution is 7.17. The Labute approximate surface area is 129 Å². The van der Waals surface area contributed by atoms with Crippen molar-refractivity contribution in [2.45, 2.75) is 40.3 Å². The van der Waals surface area contributed by atoms with Crippen LogP contribution in [0.3, 0.4) is 0 Å². The highest BCUT2D eigenvalue weighted by Gasteiger charge is 2.12.